The molecule has 0 N–H and O–H groups in total. The first kappa shape index (κ1) is 15.9. The van der Waals surface area contributed by atoms with E-state index in [1.165, 1.54) is 4.88 Å². The summed E-state index contributed by atoms with van der Waals surface area (Å²) in [5, 5.41) is 2.09. The minimum Gasteiger partial charge on any atom is -0.338 e. The minimum atomic E-state index is 0.139. The van der Waals surface area contributed by atoms with Crippen LogP contribution in [0.15, 0.2) is 54.2 Å². The van der Waals surface area contributed by atoms with Crippen LogP contribution in [0.3, 0.4) is 0 Å². The highest BCUT2D eigenvalue weighted by atomic mass is 32.1. The van der Waals surface area contributed by atoms with Crippen molar-refractivity contribution in [1.29, 1.82) is 0 Å². The van der Waals surface area contributed by atoms with Crippen molar-refractivity contribution in [3.63, 3.8) is 0 Å². The Morgan fingerprint density at radius 2 is 2.26 bits per heavy atom. The van der Waals surface area contributed by atoms with Gasteiger partial charge in [-0.3, -0.25) is 9.78 Å². The smallest absolute Gasteiger partial charge is 0.226 e. The van der Waals surface area contributed by atoms with Crippen LogP contribution in [0.5, 0.6) is 0 Å². The van der Waals surface area contributed by atoms with Gasteiger partial charge >= 0.3 is 0 Å². The molecule has 1 aliphatic rings. The van der Waals surface area contributed by atoms with Crippen LogP contribution in [0.1, 0.15) is 29.7 Å². The molecular weight excluding hydrogens is 304 g/mol. The number of hydrogen-bond donors (Lipinski definition) is 0. The van der Waals surface area contributed by atoms with Crippen LogP contribution in [0.2, 0.25) is 0 Å². The Hall–Kier alpha value is -1.94. The van der Waals surface area contributed by atoms with E-state index in [4.69, 9.17) is 0 Å². The molecule has 0 saturated carbocycles. The lowest BCUT2D eigenvalue weighted by Gasteiger charge is -2.28. The second-order valence-electron chi connectivity index (χ2n) is 5.93. The zero-order valence-electron chi connectivity index (χ0n) is 13.2. The first-order valence-electron chi connectivity index (χ1n) is 8.18. The second-order valence-corrected chi connectivity index (χ2v) is 6.96. The predicted molar refractivity (Wildman–Crippen MR) is 94.2 cm³/mol. The average Bonchev–Trinajstić information content (AvgIpc) is 3.13. The van der Waals surface area contributed by atoms with Crippen molar-refractivity contribution < 1.29 is 4.79 Å². The Morgan fingerprint density at radius 1 is 1.30 bits per heavy atom. The van der Waals surface area contributed by atoms with Gasteiger partial charge in [0.15, 0.2) is 0 Å². The maximum atomic E-state index is 12.9. The minimum absolute atomic E-state index is 0.139. The fraction of sp³-hybridized carbons (Fsp3) is 0.368. The summed E-state index contributed by atoms with van der Waals surface area (Å²) in [5.74, 6) is 0.426. The van der Waals surface area contributed by atoms with E-state index in [-0.39, 0.29) is 11.8 Å². The van der Waals surface area contributed by atoms with Crippen molar-refractivity contribution in [3.05, 3.63) is 64.6 Å². The molecule has 3 rings (SSSR count). The van der Waals surface area contributed by atoms with E-state index in [1.54, 1.807) is 17.5 Å². The van der Waals surface area contributed by atoms with Crippen molar-refractivity contribution in [2.45, 2.75) is 32.2 Å². The molecule has 2 heterocycles. The van der Waals surface area contributed by atoms with Gasteiger partial charge in [0.05, 0.1) is 0 Å². The number of thiophene rings is 1. The Labute approximate surface area is 141 Å². The van der Waals surface area contributed by atoms with E-state index in [2.05, 4.69) is 34.6 Å². The average molecular weight is 326 g/mol. The molecule has 0 spiro atoms. The van der Waals surface area contributed by atoms with E-state index in [0.29, 0.717) is 6.54 Å². The molecule has 0 bridgehead atoms. The SMILES string of the molecule is O=C(C1CC=CCC1)N(CCc1cccs1)Cc1cccnc1. The summed E-state index contributed by atoms with van der Waals surface area (Å²) >= 11 is 1.76. The number of carbonyl (C=O) groups excluding carboxylic acids is 1. The number of allylic oxidation sites excluding steroid dienone is 2. The largest absolute Gasteiger partial charge is 0.338 e. The third kappa shape index (κ3) is 4.52. The van der Waals surface area contributed by atoms with Crippen molar-refractivity contribution in [2.75, 3.05) is 6.54 Å². The van der Waals surface area contributed by atoms with Gasteiger partial charge in [0.25, 0.3) is 0 Å². The van der Waals surface area contributed by atoms with Crippen molar-refractivity contribution >= 4 is 17.2 Å². The van der Waals surface area contributed by atoms with Gasteiger partial charge in [0.1, 0.15) is 0 Å². The van der Waals surface area contributed by atoms with E-state index in [0.717, 1.165) is 37.8 Å². The van der Waals surface area contributed by atoms with Crippen LogP contribution in [-0.2, 0) is 17.8 Å². The molecule has 0 aromatic carbocycles. The van der Waals surface area contributed by atoms with Crippen LogP contribution in [0.4, 0.5) is 0 Å². The molecule has 4 heteroatoms. The number of pyridine rings is 1. The highest BCUT2D eigenvalue weighted by Gasteiger charge is 2.24. The zero-order valence-corrected chi connectivity index (χ0v) is 14.0. The summed E-state index contributed by atoms with van der Waals surface area (Å²) in [5.41, 5.74) is 1.10. The van der Waals surface area contributed by atoms with Crippen molar-refractivity contribution in [2.24, 2.45) is 5.92 Å². The standard InChI is InChI=1S/C19H22N2OS/c22-19(17-7-2-1-3-8-17)21(12-10-18-9-5-13-23-18)15-16-6-4-11-20-14-16/h1-2,4-6,9,11,13-14,17H,3,7-8,10,12,15H2. The van der Waals surface area contributed by atoms with Crippen LogP contribution >= 0.6 is 11.3 Å². The third-order valence-corrected chi connectivity index (χ3v) is 5.17. The molecule has 0 fully saturated rings. The van der Waals surface area contributed by atoms with Crippen LogP contribution in [-0.4, -0.2) is 22.3 Å². The van der Waals surface area contributed by atoms with E-state index >= 15 is 0 Å². The number of amides is 1. The maximum Gasteiger partial charge on any atom is 0.226 e. The van der Waals surface area contributed by atoms with Gasteiger partial charge in [-0.05, 0) is 48.8 Å². The van der Waals surface area contributed by atoms with Gasteiger partial charge in [-0.1, -0.05) is 24.3 Å². The lowest BCUT2D eigenvalue weighted by molar-refractivity contribution is -0.136. The summed E-state index contributed by atoms with van der Waals surface area (Å²) < 4.78 is 0. The third-order valence-electron chi connectivity index (χ3n) is 4.23. The fourth-order valence-corrected chi connectivity index (χ4v) is 3.65. The predicted octanol–water partition coefficient (Wildman–Crippen LogP) is 4.07. The number of hydrogen-bond acceptors (Lipinski definition) is 3. The highest BCUT2D eigenvalue weighted by molar-refractivity contribution is 7.09. The molecule has 0 radical (unpaired) electrons. The normalized spacial score (nSPS) is 17.1. The Kier molecular flexibility index (Phi) is 5.59. The fourth-order valence-electron chi connectivity index (χ4n) is 2.96. The molecule has 0 saturated heterocycles. The Morgan fingerprint density at radius 3 is 2.96 bits per heavy atom. The molecule has 1 unspecified atom stereocenters. The maximum absolute atomic E-state index is 12.9. The van der Waals surface area contributed by atoms with Crippen LogP contribution in [0.25, 0.3) is 0 Å². The van der Waals surface area contributed by atoms with Gasteiger partial charge in [-0.25, -0.2) is 0 Å². The molecule has 23 heavy (non-hydrogen) atoms. The van der Waals surface area contributed by atoms with Gasteiger partial charge in [0, 0.05) is 36.3 Å². The molecular formula is C19H22N2OS. The van der Waals surface area contributed by atoms with Crippen molar-refractivity contribution in [1.82, 2.24) is 9.88 Å². The number of carbonyl (C=O) groups is 1. The van der Waals surface area contributed by atoms with Gasteiger partial charge < -0.3 is 4.90 Å². The Bertz CT molecular complexity index is 637. The number of nitrogens with zero attached hydrogens (tertiary/aromatic N) is 2. The summed E-state index contributed by atoms with van der Waals surface area (Å²) in [4.78, 5) is 20.5. The molecule has 1 amide bonds. The number of rotatable bonds is 6. The summed E-state index contributed by atoms with van der Waals surface area (Å²) in [6, 6.07) is 8.18. The Balaban J connectivity index is 1.69. The monoisotopic (exact) mass is 326 g/mol. The first-order chi connectivity index (χ1) is 11.3. The topological polar surface area (TPSA) is 33.2 Å². The summed E-state index contributed by atoms with van der Waals surface area (Å²) in [6.45, 7) is 1.42. The lowest BCUT2D eigenvalue weighted by Crippen LogP contribution is -2.37. The quantitative estimate of drug-likeness (QED) is 0.750. The molecule has 0 aliphatic heterocycles. The van der Waals surface area contributed by atoms with Crippen LogP contribution < -0.4 is 0 Å². The number of aromatic nitrogens is 1. The second kappa shape index (κ2) is 8.06. The van der Waals surface area contributed by atoms with Gasteiger partial charge in [0.2, 0.25) is 5.91 Å². The zero-order chi connectivity index (χ0) is 15.9. The highest BCUT2D eigenvalue weighted by Crippen LogP contribution is 2.22. The van der Waals surface area contributed by atoms with E-state index in [9.17, 15) is 4.79 Å². The molecule has 3 nitrogen and oxygen atoms in total. The summed E-state index contributed by atoms with van der Waals surface area (Å²) in [7, 11) is 0. The first-order valence-corrected chi connectivity index (χ1v) is 9.06. The molecule has 120 valence electrons. The van der Waals surface area contributed by atoms with Gasteiger partial charge in [-0.2, -0.15) is 0 Å². The summed E-state index contributed by atoms with van der Waals surface area (Å²) in [6.07, 6.45) is 11.7. The molecule has 1 atom stereocenters. The van der Waals surface area contributed by atoms with E-state index < -0.39 is 0 Å². The molecule has 1 aliphatic carbocycles. The van der Waals surface area contributed by atoms with Crippen molar-refractivity contribution in [3.8, 4) is 0 Å². The van der Waals surface area contributed by atoms with Gasteiger partial charge in [-0.15, -0.1) is 11.3 Å². The molecule has 2 aromatic heterocycles. The van der Waals surface area contributed by atoms with Crippen LogP contribution in [0, 0.1) is 5.92 Å². The van der Waals surface area contributed by atoms with E-state index in [1.807, 2.05) is 23.2 Å². The lowest BCUT2D eigenvalue weighted by atomic mass is 9.93. The molecule has 2 aromatic rings.